The van der Waals surface area contributed by atoms with Crippen molar-refractivity contribution < 1.29 is 0 Å². The molecule has 414 valence electrons. The first-order chi connectivity index (χ1) is 40.9. The first kappa shape index (κ1) is 47.7. The zero-order chi connectivity index (χ0) is 55.4. The quantitative estimate of drug-likeness (QED) is 0.147. The Bertz CT molecular complexity index is 4170. The van der Waals surface area contributed by atoms with E-state index in [1.54, 1.807) is 16.7 Å². The molecule has 0 aromatic heterocycles. The van der Waals surface area contributed by atoms with Crippen molar-refractivity contribution in [3.05, 3.63) is 198 Å². The molecule has 4 aliphatic heterocycles. The van der Waals surface area contributed by atoms with Crippen molar-refractivity contribution >= 4 is 97.4 Å². The Morgan fingerprint density at radius 2 is 1.04 bits per heavy atom. The molecule has 0 saturated heterocycles. The Morgan fingerprint density at radius 3 is 1.57 bits per heavy atom. The number of benzene rings is 8. The fourth-order valence-electron chi connectivity index (χ4n) is 25.1. The summed E-state index contributed by atoms with van der Waals surface area (Å²) in [5.41, 5.74) is 23.4. The fraction of sp³-hybridized carbons (Fsp3) is 0.392. The summed E-state index contributed by atoms with van der Waals surface area (Å²) in [6, 6.07) is 72.7. The molecule has 6 atom stereocenters. The third kappa shape index (κ3) is 4.99. The average molecular weight is 1110 g/mol. The number of nitrogens with zero attached hydrogens (tertiary/aromatic N) is 3. The molecule has 6 unspecified atom stereocenters. The summed E-state index contributed by atoms with van der Waals surface area (Å²) in [6.45, 7) is 12.5. The van der Waals surface area contributed by atoms with E-state index in [-0.39, 0.29) is 23.1 Å². The van der Waals surface area contributed by atoms with Crippen LogP contribution in [0.3, 0.4) is 0 Å². The van der Waals surface area contributed by atoms with Crippen molar-refractivity contribution in [2.45, 2.75) is 145 Å². The van der Waals surface area contributed by atoms with Gasteiger partial charge in [-0.3, -0.25) is 0 Å². The van der Waals surface area contributed by atoms with Crippen LogP contribution in [0, 0.1) is 46.3 Å². The van der Waals surface area contributed by atoms with Crippen LogP contribution in [0.15, 0.2) is 176 Å². The molecular weight excluding hydrogens is 1030 g/mol. The lowest BCUT2D eigenvalue weighted by Crippen LogP contribution is -2.88. The highest BCUT2D eigenvalue weighted by Crippen LogP contribution is 2.92. The maximum atomic E-state index is 2.90. The number of hydrogen-bond donors (Lipinski definition) is 0. The summed E-state index contributed by atoms with van der Waals surface area (Å²) in [4.78, 5) is 8.50. The van der Waals surface area contributed by atoms with Gasteiger partial charge in [-0.2, -0.15) is 0 Å². The molecular formula is C79H76BN3Si. The van der Waals surface area contributed by atoms with Gasteiger partial charge in [0.25, 0.3) is 6.71 Å². The standard InChI is InChI=1S/C79H76BN3Si/c1-73(2,3)50-28-33-63-62(40-50)74(4)34-12-13-35-75(74,5)83(63)59-41-66-70-67(42-59)82(58-31-26-49(27-32-58)77-45-55-38-52-39-56(46-77)79(52,55)77)65-21-15-23-69-72(65)80(70)71-64(20-14-22-68(71)84(69,60-16-8-6-9-17-60)61-18-10-7-11-19-61)81(66)57-29-24-48(25-30-57)76-43-53-36-51-37-54(44-76)78(51,53)47-76/h6-11,14-33,40-42,51-56H,12-13,34-39,43-47H2,1-5H3. The van der Waals surface area contributed by atoms with E-state index in [1.165, 1.54) is 165 Å². The number of rotatable bonds is 7. The number of anilines is 8. The lowest BCUT2D eigenvalue weighted by Gasteiger charge is -2.91. The summed E-state index contributed by atoms with van der Waals surface area (Å²) in [5.74, 6) is 5.87. The second-order valence-corrected chi connectivity index (χ2v) is 35.4. The van der Waals surface area contributed by atoms with E-state index in [1.807, 2.05) is 0 Å². The van der Waals surface area contributed by atoms with Gasteiger partial charge < -0.3 is 14.7 Å². The van der Waals surface area contributed by atoms with Gasteiger partial charge in [0.1, 0.15) is 0 Å². The minimum Gasteiger partial charge on any atom is -0.334 e. The summed E-state index contributed by atoms with van der Waals surface area (Å²) < 4.78 is 0. The zero-order valence-electron chi connectivity index (χ0n) is 49.8. The summed E-state index contributed by atoms with van der Waals surface area (Å²) >= 11 is 0. The van der Waals surface area contributed by atoms with Crippen molar-refractivity contribution in [2.75, 3.05) is 14.7 Å². The molecule has 9 aliphatic carbocycles. The van der Waals surface area contributed by atoms with Crippen LogP contribution in [0.2, 0.25) is 0 Å². The smallest absolute Gasteiger partial charge is 0.251 e. The van der Waals surface area contributed by atoms with Gasteiger partial charge in [-0.25, -0.2) is 0 Å². The van der Waals surface area contributed by atoms with Gasteiger partial charge in [-0.1, -0.05) is 162 Å². The molecule has 0 radical (unpaired) electrons. The van der Waals surface area contributed by atoms with Crippen molar-refractivity contribution in [1.29, 1.82) is 0 Å². The van der Waals surface area contributed by atoms with E-state index in [0.29, 0.717) is 21.7 Å². The Labute approximate surface area is 499 Å². The third-order valence-corrected chi connectivity index (χ3v) is 33.4. The second-order valence-electron chi connectivity index (χ2n) is 31.7. The topological polar surface area (TPSA) is 9.72 Å². The summed E-state index contributed by atoms with van der Waals surface area (Å²) in [7, 11) is -3.00. The van der Waals surface area contributed by atoms with E-state index < -0.39 is 8.07 Å². The lowest BCUT2D eigenvalue weighted by molar-refractivity contribution is -0.395. The van der Waals surface area contributed by atoms with Crippen LogP contribution < -0.4 is 51.8 Å². The van der Waals surface area contributed by atoms with Crippen molar-refractivity contribution in [3.8, 4) is 0 Å². The van der Waals surface area contributed by atoms with Gasteiger partial charge in [0.15, 0.2) is 8.07 Å². The molecule has 3 nitrogen and oxygen atoms in total. The van der Waals surface area contributed by atoms with Gasteiger partial charge in [-0.15, -0.1) is 0 Å². The van der Waals surface area contributed by atoms with Crippen molar-refractivity contribution in [1.82, 2.24) is 0 Å². The Kier molecular flexibility index (Phi) is 8.50. The molecule has 2 spiro atoms. The van der Waals surface area contributed by atoms with E-state index >= 15 is 0 Å². The SMILES string of the molecule is CC(C)(C)c1ccc2c(c1)C1(C)CCCCC1(C)N2c1cc2c3c(c1)N(c1ccc(C45CC6CC7CC(C4)C765)cc1)c1cccc4c1B3c1c(cccc1[Si]4(c1ccccc1)c1ccccc1)N2c1ccc(C23CC4CC5CC(C2)C54C3)cc1. The minimum atomic E-state index is -3.00. The molecule has 13 aliphatic rings. The van der Waals surface area contributed by atoms with Crippen LogP contribution >= 0.6 is 0 Å². The molecule has 0 amide bonds. The molecule has 84 heavy (non-hydrogen) atoms. The number of fused-ring (bicyclic) bond motifs is 4. The Balaban J connectivity index is 0.843. The Hall–Kier alpha value is -6.56. The molecule has 9 saturated carbocycles. The molecule has 4 heterocycles. The Morgan fingerprint density at radius 1 is 0.476 bits per heavy atom. The van der Waals surface area contributed by atoms with E-state index in [9.17, 15) is 0 Å². The monoisotopic (exact) mass is 1110 g/mol. The van der Waals surface area contributed by atoms with Gasteiger partial charge in [0.05, 0.1) is 5.54 Å². The highest BCUT2D eigenvalue weighted by molar-refractivity contribution is 7.27. The van der Waals surface area contributed by atoms with Crippen LogP contribution in [0.1, 0.15) is 140 Å². The minimum absolute atomic E-state index is 0.00643. The molecule has 9 fully saturated rings. The molecule has 8 aromatic carbocycles. The van der Waals surface area contributed by atoms with E-state index in [0.717, 1.165) is 41.9 Å². The van der Waals surface area contributed by atoms with Crippen LogP contribution in [-0.4, -0.2) is 20.3 Å². The first-order valence-electron chi connectivity index (χ1n) is 33.2. The maximum Gasteiger partial charge on any atom is 0.251 e. The van der Waals surface area contributed by atoms with Gasteiger partial charge in [-0.05, 0) is 249 Å². The predicted octanol–water partition coefficient (Wildman–Crippen LogP) is 14.3. The summed E-state index contributed by atoms with van der Waals surface area (Å²) in [5, 5.41) is 6.00. The first-order valence-corrected chi connectivity index (χ1v) is 35.2. The highest BCUT2D eigenvalue weighted by atomic mass is 28.3. The van der Waals surface area contributed by atoms with Crippen molar-refractivity contribution in [2.24, 2.45) is 46.3 Å². The van der Waals surface area contributed by atoms with E-state index in [2.05, 4.69) is 225 Å². The van der Waals surface area contributed by atoms with Crippen LogP contribution in [0.4, 0.5) is 45.5 Å². The zero-order valence-corrected chi connectivity index (χ0v) is 50.8. The van der Waals surface area contributed by atoms with Crippen molar-refractivity contribution in [3.63, 3.8) is 0 Å². The maximum absolute atomic E-state index is 3.00. The molecule has 0 N–H and O–H groups in total. The molecule has 8 aromatic rings. The van der Waals surface area contributed by atoms with Crippen LogP contribution in [0.5, 0.6) is 0 Å². The summed E-state index contributed by atoms with van der Waals surface area (Å²) in [6.07, 6.45) is 17.9. The second kappa shape index (κ2) is 15.0. The largest absolute Gasteiger partial charge is 0.334 e. The van der Waals surface area contributed by atoms with Gasteiger partial charge in [0.2, 0.25) is 0 Å². The molecule has 5 heteroatoms. The van der Waals surface area contributed by atoms with Crippen LogP contribution in [0.25, 0.3) is 0 Å². The number of hydrogen-bond acceptors (Lipinski definition) is 3. The normalized spacial score (nSPS) is 35.6. The van der Waals surface area contributed by atoms with Gasteiger partial charge >= 0.3 is 0 Å². The van der Waals surface area contributed by atoms with Crippen LogP contribution in [-0.2, 0) is 21.7 Å². The average Bonchev–Trinajstić information content (AvgIpc) is 0.812. The molecule has 21 rings (SSSR count). The predicted molar refractivity (Wildman–Crippen MR) is 350 cm³/mol. The molecule has 2 bridgehead atoms. The van der Waals surface area contributed by atoms with Gasteiger partial charge in [0, 0.05) is 56.3 Å². The highest BCUT2D eigenvalue weighted by Gasteiger charge is 2.87. The third-order valence-electron chi connectivity index (χ3n) is 28.5. The fourth-order valence-corrected chi connectivity index (χ4v) is 30.4. The van der Waals surface area contributed by atoms with E-state index in [4.69, 9.17) is 0 Å². The lowest BCUT2D eigenvalue weighted by atomic mass is 9.12.